The number of carbonyl (C=O) groups is 8. The summed E-state index contributed by atoms with van der Waals surface area (Å²) in [4.78, 5) is 122. The van der Waals surface area contributed by atoms with E-state index in [0.717, 1.165) is 193 Å². The molecule has 0 saturated heterocycles. The predicted molar refractivity (Wildman–Crippen MR) is 371 cm³/mol. The van der Waals surface area contributed by atoms with Crippen LogP contribution in [0, 0.1) is 0 Å². The van der Waals surface area contributed by atoms with Crippen molar-refractivity contribution in [3.63, 3.8) is 0 Å². The van der Waals surface area contributed by atoms with E-state index in [4.69, 9.17) is 9.47 Å². The molecule has 0 N–H and O–H groups in total. The lowest BCUT2D eigenvalue weighted by Gasteiger charge is -2.35. The van der Waals surface area contributed by atoms with Gasteiger partial charge < -0.3 is 9.47 Å². The molecule has 8 amide bonds. The fraction of sp³-hybridized carbons (Fsp3) is 0.400. The molecule has 482 valence electrons. The van der Waals surface area contributed by atoms with Crippen molar-refractivity contribution in [2.75, 3.05) is 39.5 Å². The number of amides is 8. The summed E-state index contributed by atoms with van der Waals surface area (Å²) in [5.41, 5.74) is 3.72. The third-order valence-electron chi connectivity index (χ3n) is 21.1. The summed E-state index contributed by atoms with van der Waals surface area (Å²) in [6, 6.07) is 29.7. The maximum atomic E-state index is 14.6. The number of nitrogens with zero attached hydrogens (tertiary/aromatic N) is 4. The summed E-state index contributed by atoms with van der Waals surface area (Å²) in [5.74, 6) is -2.69. The van der Waals surface area contributed by atoms with Crippen LogP contribution in [0.15, 0.2) is 97.1 Å². The Kier molecular flexibility index (Phi) is 17.5. The zero-order valence-electron chi connectivity index (χ0n) is 54.6. The largest absolute Gasteiger partial charge is 0.377 e. The van der Waals surface area contributed by atoms with Crippen LogP contribution in [0.2, 0.25) is 0 Å². The molecule has 0 aromatic heterocycles. The molecule has 0 unspecified atom stereocenters. The smallest absolute Gasteiger partial charge is 0.261 e. The molecule has 0 aliphatic carbocycles. The van der Waals surface area contributed by atoms with E-state index < -0.39 is 23.6 Å². The summed E-state index contributed by atoms with van der Waals surface area (Å²) in [6.45, 7) is 9.08. The Morgan fingerprint density at radius 1 is 0.255 bits per heavy atom. The van der Waals surface area contributed by atoms with Gasteiger partial charge in [-0.2, -0.15) is 0 Å². The van der Waals surface area contributed by atoms with Crippen molar-refractivity contribution >= 4 is 133 Å². The Bertz CT molecular complexity index is 4200. The van der Waals surface area contributed by atoms with Crippen LogP contribution < -0.4 is 0 Å². The molecule has 4 aliphatic heterocycles. The van der Waals surface area contributed by atoms with Gasteiger partial charge in [0.15, 0.2) is 0 Å². The highest BCUT2D eigenvalue weighted by Gasteiger charge is 2.42. The topological polar surface area (TPSA) is 168 Å². The second kappa shape index (κ2) is 26.2. The van der Waals surface area contributed by atoms with Crippen molar-refractivity contribution in [3.05, 3.63) is 142 Å². The Morgan fingerprint density at radius 3 is 0.681 bits per heavy atom. The van der Waals surface area contributed by atoms with Crippen LogP contribution >= 0.6 is 0 Å². The van der Waals surface area contributed by atoms with E-state index in [1.807, 2.05) is 72.8 Å². The molecule has 4 aliphatic rings. The third-order valence-corrected chi connectivity index (χ3v) is 21.1. The van der Waals surface area contributed by atoms with Crippen LogP contribution in [0.1, 0.15) is 239 Å². The van der Waals surface area contributed by atoms with Gasteiger partial charge in [-0.3, -0.25) is 58.0 Å². The summed E-state index contributed by atoms with van der Waals surface area (Å²) in [6.07, 6.45) is 20.2. The van der Waals surface area contributed by atoms with Crippen LogP contribution in [-0.4, -0.2) is 118 Å². The third kappa shape index (κ3) is 10.3. The number of fused-ring (bicyclic) bond motifs is 4. The van der Waals surface area contributed by atoms with Gasteiger partial charge in [-0.25, -0.2) is 0 Å². The van der Waals surface area contributed by atoms with Gasteiger partial charge >= 0.3 is 0 Å². The van der Waals surface area contributed by atoms with E-state index in [-0.39, 0.29) is 75.2 Å². The van der Waals surface area contributed by atoms with Crippen molar-refractivity contribution in [2.24, 2.45) is 0 Å². The van der Waals surface area contributed by atoms with E-state index in [1.54, 1.807) is 34.1 Å². The highest BCUT2D eigenvalue weighted by molar-refractivity contribution is 6.43. The number of benzene rings is 10. The Hall–Kier alpha value is -8.72. The normalized spacial score (nSPS) is 15.0. The Morgan fingerprint density at radius 2 is 0.468 bits per heavy atom. The zero-order valence-corrected chi connectivity index (χ0v) is 54.6. The van der Waals surface area contributed by atoms with E-state index >= 15 is 0 Å². The molecule has 14 rings (SSSR count). The quantitative estimate of drug-likeness (QED) is 0.0176. The first-order valence-corrected chi connectivity index (χ1v) is 35.0. The monoisotopic (exact) mass is 1260 g/mol. The summed E-state index contributed by atoms with van der Waals surface area (Å²) in [7, 11) is 0. The number of ether oxygens (including phenoxy) is 2. The SMILES string of the molecule is CCCCCCC(CCCCCC)N1C(=O)c2ccc3c4ccc5c6c(ccc(c7ccc(c2c37)C1=O)c64)C(=O)N(CCOCCOCCN1C(=O)c2ccc3c4ccc6c7c(ccc(c8ccc(c2c38)C1=O)c74)C(=O)N(C(CCCCCC)CCCCCC)C6=O)C5=O. The van der Waals surface area contributed by atoms with Gasteiger partial charge in [0.1, 0.15) is 0 Å². The minimum Gasteiger partial charge on any atom is -0.377 e. The highest BCUT2D eigenvalue weighted by Crippen LogP contribution is 2.49. The van der Waals surface area contributed by atoms with Crippen molar-refractivity contribution < 1.29 is 47.8 Å². The van der Waals surface area contributed by atoms with Gasteiger partial charge in [0.25, 0.3) is 47.3 Å². The fourth-order valence-electron chi connectivity index (χ4n) is 16.4. The number of imide groups is 4. The number of unbranched alkanes of at least 4 members (excludes halogenated alkanes) is 12. The standard InChI is InChI=1S/C80H82N4O10/c1-5-9-13-17-21-47(22-18-14-10-6-2)83-77(89)61-37-29-53-49-25-33-57-69-58(34-26-50(65(49)69)54-30-38-62(78(83)90)71(61)67(53)54)74(86)81(73(57)85)41-43-93-45-46-94-44-42-82-75(87)59-35-27-51-55-31-39-63-72-64(40-32-56(68(55)72)52-28-36-60(76(82)88)70(59)66(51)52)80(92)84(79(63)91)48(23-19-15-11-7-3)24-20-16-12-8-4/h25-40,47-48H,5-24,41-46H2,1-4H3. The van der Waals surface area contributed by atoms with Gasteiger partial charge in [-0.05, 0) is 139 Å². The van der Waals surface area contributed by atoms with Crippen LogP contribution in [0.4, 0.5) is 0 Å². The van der Waals surface area contributed by atoms with E-state index in [2.05, 4.69) is 27.7 Å². The first kappa shape index (κ1) is 62.7. The molecule has 10 aromatic carbocycles. The highest BCUT2D eigenvalue weighted by atomic mass is 16.5. The van der Waals surface area contributed by atoms with Crippen molar-refractivity contribution in [2.45, 2.75) is 168 Å². The van der Waals surface area contributed by atoms with Crippen LogP contribution in [0.3, 0.4) is 0 Å². The van der Waals surface area contributed by atoms with Crippen molar-refractivity contribution in [1.29, 1.82) is 0 Å². The molecule has 14 nitrogen and oxygen atoms in total. The molecular formula is C80H82N4O10. The van der Waals surface area contributed by atoms with Gasteiger partial charge in [0.2, 0.25) is 0 Å². The number of hydrogen-bond acceptors (Lipinski definition) is 10. The Labute approximate surface area is 547 Å². The molecule has 0 saturated carbocycles. The van der Waals surface area contributed by atoms with Crippen LogP contribution in [-0.2, 0) is 9.47 Å². The average molecular weight is 1260 g/mol. The van der Waals surface area contributed by atoms with Gasteiger partial charge in [0.05, 0.1) is 39.5 Å². The molecule has 10 aromatic rings. The maximum Gasteiger partial charge on any atom is 0.261 e. The molecular weight excluding hydrogens is 1180 g/mol. The summed E-state index contributed by atoms with van der Waals surface area (Å²) < 4.78 is 11.9. The second-order valence-corrected chi connectivity index (χ2v) is 26.7. The first-order valence-electron chi connectivity index (χ1n) is 35.0. The lowest BCUT2D eigenvalue weighted by atomic mass is 9.82. The average Bonchev–Trinajstić information content (AvgIpc) is 0.707. The van der Waals surface area contributed by atoms with Crippen molar-refractivity contribution in [1.82, 2.24) is 19.6 Å². The lowest BCUT2D eigenvalue weighted by Crippen LogP contribution is -2.47. The molecule has 0 fully saturated rings. The maximum absolute atomic E-state index is 14.6. The summed E-state index contributed by atoms with van der Waals surface area (Å²) >= 11 is 0. The van der Waals surface area contributed by atoms with E-state index in [0.29, 0.717) is 66.1 Å². The molecule has 4 heterocycles. The summed E-state index contributed by atoms with van der Waals surface area (Å²) in [5, 5.41) is 12.4. The number of rotatable bonds is 31. The minimum atomic E-state index is -0.429. The second-order valence-electron chi connectivity index (χ2n) is 26.7. The van der Waals surface area contributed by atoms with Gasteiger partial charge in [0, 0.05) is 78.1 Å². The lowest BCUT2D eigenvalue weighted by molar-refractivity contribution is 0.0264. The fourth-order valence-corrected chi connectivity index (χ4v) is 16.4. The number of carbonyl (C=O) groups excluding carboxylic acids is 8. The zero-order chi connectivity index (χ0) is 65.1. The van der Waals surface area contributed by atoms with E-state index in [1.165, 1.54) is 9.80 Å². The molecule has 94 heavy (non-hydrogen) atoms. The molecule has 0 spiro atoms. The van der Waals surface area contributed by atoms with Crippen LogP contribution in [0.5, 0.6) is 0 Å². The van der Waals surface area contributed by atoms with Gasteiger partial charge in [-0.1, -0.05) is 179 Å². The predicted octanol–water partition coefficient (Wildman–Crippen LogP) is 17.5. The first-order chi connectivity index (χ1) is 45.9. The van der Waals surface area contributed by atoms with Gasteiger partial charge in [-0.15, -0.1) is 0 Å². The Balaban J connectivity index is 0.627. The molecule has 0 atom stereocenters. The number of hydrogen-bond donors (Lipinski definition) is 0. The molecule has 0 radical (unpaired) electrons. The van der Waals surface area contributed by atoms with E-state index in [9.17, 15) is 38.4 Å². The molecule has 0 bridgehead atoms. The minimum absolute atomic E-state index is 0.00172. The van der Waals surface area contributed by atoms with Crippen LogP contribution in [0.25, 0.3) is 86.2 Å². The van der Waals surface area contributed by atoms with Crippen molar-refractivity contribution in [3.8, 4) is 0 Å². The molecule has 14 heteroatoms.